The SMILES string of the molecule is N#Cc1ccnc[n+]1CC(=O)c1ccc(Cl)cc1. The Hall–Kier alpha value is -2.25. The van der Waals surface area contributed by atoms with Crippen LogP contribution < -0.4 is 4.57 Å². The van der Waals surface area contributed by atoms with Gasteiger partial charge in [0.1, 0.15) is 12.3 Å². The first-order valence-corrected chi connectivity index (χ1v) is 5.61. The van der Waals surface area contributed by atoms with Gasteiger partial charge in [-0.3, -0.25) is 4.79 Å². The summed E-state index contributed by atoms with van der Waals surface area (Å²) in [5.74, 6) is -0.0961. The predicted molar refractivity (Wildman–Crippen MR) is 64.9 cm³/mol. The summed E-state index contributed by atoms with van der Waals surface area (Å²) >= 11 is 5.75. The fourth-order valence-electron chi connectivity index (χ4n) is 1.50. The fraction of sp³-hybridized carbons (Fsp3) is 0.0769. The third-order valence-corrected chi connectivity index (χ3v) is 2.68. The van der Waals surface area contributed by atoms with Crippen molar-refractivity contribution in [3.8, 4) is 6.07 Å². The zero-order valence-electron chi connectivity index (χ0n) is 9.38. The van der Waals surface area contributed by atoms with Crippen molar-refractivity contribution in [2.75, 3.05) is 0 Å². The van der Waals surface area contributed by atoms with Crippen molar-refractivity contribution in [3.63, 3.8) is 0 Å². The van der Waals surface area contributed by atoms with Crippen molar-refractivity contribution in [2.45, 2.75) is 6.54 Å². The van der Waals surface area contributed by atoms with Gasteiger partial charge >= 0.3 is 0 Å². The highest BCUT2D eigenvalue weighted by Crippen LogP contribution is 2.10. The topological polar surface area (TPSA) is 57.6 Å². The number of nitriles is 1. The van der Waals surface area contributed by atoms with Crippen LogP contribution in [0.2, 0.25) is 5.02 Å². The molecule has 0 bridgehead atoms. The number of benzene rings is 1. The van der Waals surface area contributed by atoms with Crippen LogP contribution in [0, 0.1) is 11.3 Å². The minimum atomic E-state index is -0.0961. The molecule has 1 aromatic carbocycles. The molecule has 1 heterocycles. The molecule has 0 saturated heterocycles. The van der Waals surface area contributed by atoms with Crippen LogP contribution in [0.15, 0.2) is 42.9 Å². The summed E-state index contributed by atoms with van der Waals surface area (Å²) in [5.41, 5.74) is 0.951. The molecule has 0 atom stereocenters. The van der Waals surface area contributed by atoms with Gasteiger partial charge in [-0.15, -0.1) is 0 Å². The normalized spacial score (nSPS) is 9.78. The Balaban J connectivity index is 2.22. The van der Waals surface area contributed by atoms with Crippen molar-refractivity contribution >= 4 is 17.4 Å². The van der Waals surface area contributed by atoms with Gasteiger partial charge in [-0.2, -0.15) is 5.26 Å². The maximum Gasteiger partial charge on any atom is 0.287 e. The quantitative estimate of drug-likeness (QED) is 0.623. The highest BCUT2D eigenvalue weighted by atomic mass is 35.5. The second kappa shape index (κ2) is 5.39. The van der Waals surface area contributed by atoms with Crippen molar-refractivity contribution in [3.05, 3.63) is 59.1 Å². The number of nitrogens with zero attached hydrogens (tertiary/aromatic N) is 3. The monoisotopic (exact) mass is 258 g/mol. The number of carbonyl (C=O) groups is 1. The van der Waals surface area contributed by atoms with E-state index in [1.54, 1.807) is 30.3 Å². The van der Waals surface area contributed by atoms with Crippen LogP contribution in [0.5, 0.6) is 0 Å². The van der Waals surface area contributed by atoms with E-state index in [1.165, 1.54) is 17.1 Å². The van der Waals surface area contributed by atoms with E-state index in [0.29, 0.717) is 16.3 Å². The van der Waals surface area contributed by atoms with E-state index in [4.69, 9.17) is 16.9 Å². The third kappa shape index (κ3) is 2.70. The summed E-state index contributed by atoms with van der Waals surface area (Å²) in [5, 5.41) is 9.49. The molecular weight excluding hydrogens is 250 g/mol. The second-order valence-electron chi connectivity index (χ2n) is 3.64. The van der Waals surface area contributed by atoms with Crippen LogP contribution in [0.25, 0.3) is 0 Å². The van der Waals surface area contributed by atoms with E-state index < -0.39 is 0 Å². The zero-order valence-corrected chi connectivity index (χ0v) is 10.1. The molecule has 2 aromatic rings. The van der Waals surface area contributed by atoms with Gasteiger partial charge in [0.25, 0.3) is 6.33 Å². The van der Waals surface area contributed by atoms with E-state index >= 15 is 0 Å². The summed E-state index contributed by atoms with van der Waals surface area (Å²) in [6.45, 7) is 0.0817. The molecule has 0 aliphatic heterocycles. The smallest absolute Gasteiger partial charge is 0.287 e. The molecular formula is C13H9ClN3O+. The first-order chi connectivity index (χ1) is 8.70. The molecule has 0 aliphatic rings. The zero-order chi connectivity index (χ0) is 13.0. The van der Waals surface area contributed by atoms with E-state index in [2.05, 4.69) is 4.98 Å². The Morgan fingerprint density at radius 1 is 1.33 bits per heavy atom. The van der Waals surface area contributed by atoms with Gasteiger partial charge in [0.2, 0.25) is 11.5 Å². The van der Waals surface area contributed by atoms with Gasteiger partial charge in [-0.1, -0.05) is 16.6 Å². The van der Waals surface area contributed by atoms with Crippen molar-refractivity contribution in [2.24, 2.45) is 0 Å². The number of hydrogen-bond donors (Lipinski definition) is 0. The molecule has 0 amide bonds. The molecule has 5 heteroatoms. The summed E-state index contributed by atoms with van der Waals surface area (Å²) in [6.07, 6.45) is 2.98. The van der Waals surface area contributed by atoms with E-state index in [0.717, 1.165) is 0 Å². The van der Waals surface area contributed by atoms with Gasteiger partial charge in [0.15, 0.2) is 6.54 Å². The van der Waals surface area contributed by atoms with Gasteiger partial charge in [0, 0.05) is 16.7 Å². The molecule has 2 rings (SSSR count). The van der Waals surface area contributed by atoms with Crippen LogP contribution >= 0.6 is 11.6 Å². The van der Waals surface area contributed by atoms with Gasteiger partial charge in [-0.05, 0) is 24.3 Å². The molecule has 4 nitrogen and oxygen atoms in total. The van der Waals surface area contributed by atoms with E-state index in [1.807, 2.05) is 6.07 Å². The third-order valence-electron chi connectivity index (χ3n) is 2.43. The van der Waals surface area contributed by atoms with E-state index in [9.17, 15) is 4.79 Å². The lowest BCUT2D eigenvalue weighted by atomic mass is 10.1. The lowest BCUT2D eigenvalue weighted by Crippen LogP contribution is -2.41. The highest BCUT2D eigenvalue weighted by molar-refractivity contribution is 6.30. The fourth-order valence-corrected chi connectivity index (χ4v) is 1.63. The molecule has 1 aromatic heterocycles. The lowest BCUT2D eigenvalue weighted by Gasteiger charge is -2.01. The molecule has 18 heavy (non-hydrogen) atoms. The number of ketones is 1. The average Bonchev–Trinajstić information content (AvgIpc) is 2.40. The Labute approximate surface area is 109 Å². The number of Topliss-reactive ketones (excluding diaryl/α,β-unsaturated/α-hetero) is 1. The first-order valence-electron chi connectivity index (χ1n) is 5.23. The standard InChI is InChI=1S/C13H9ClN3O/c14-11-3-1-10(2-4-11)13(18)8-17-9-16-6-5-12(17)7-15/h1-6,9H,8H2/q+1. The van der Waals surface area contributed by atoms with E-state index in [-0.39, 0.29) is 12.3 Å². The van der Waals surface area contributed by atoms with Crippen molar-refractivity contribution in [1.82, 2.24) is 4.98 Å². The average molecular weight is 259 g/mol. The molecule has 0 fully saturated rings. The Bertz CT molecular complexity index is 617. The van der Waals surface area contributed by atoms with Crippen LogP contribution in [0.1, 0.15) is 16.1 Å². The first kappa shape index (κ1) is 12.2. The Morgan fingerprint density at radius 2 is 2.06 bits per heavy atom. The highest BCUT2D eigenvalue weighted by Gasteiger charge is 2.13. The predicted octanol–water partition coefficient (Wildman–Crippen LogP) is 1.78. The molecule has 0 radical (unpaired) electrons. The van der Waals surface area contributed by atoms with Crippen LogP contribution in [-0.2, 0) is 6.54 Å². The van der Waals surface area contributed by atoms with Crippen LogP contribution in [-0.4, -0.2) is 10.8 Å². The Morgan fingerprint density at radius 3 is 2.72 bits per heavy atom. The summed E-state index contributed by atoms with van der Waals surface area (Å²) in [6, 6.07) is 10.2. The van der Waals surface area contributed by atoms with Crippen molar-refractivity contribution in [1.29, 1.82) is 5.26 Å². The van der Waals surface area contributed by atoms with Gasteiger partial charge < -0.3 is 0 Å². The molecule has 0 aliphatic carbocycles. The number of rotatable bonds is 3. The van der Waals surface area contributed by atoms with Crippen LogP contribution in [0.4, 0.5) is 0 Å². The molecule has 0 saturated carbocycles. The summed E-state index contributed by atoms with van der Waals surface area (Å²) < 4.78 is 1.51. The Kier molecular flexibility index (Phi) is 3.66. The minimum Gasteiger partial charge on any atom is -0.290 e. The second-order valence-corrected chi connectivity index (χ2v) is 4.07. The number of halogens is 1. The summed E-state index contributed by atoms with van der Waals surface area (Å²) in [7, 11) is 0. The maximum atomic E-state index is 12.0. The minimum absolute atomic E-state index is 0.0817. The van der Waals surface area contributed by atoms with Crippen LogP contribution in [0.3, 0.4) is 0 Å². The number of carbonyl (C=O) groups excluding carboxylic acids is 1. The lowest BCUT2D eigenvalue weighted by molar-refractivity contribution is -0.688. The molecule has 88 valence electrons. The number of hydrogen-bond acceptors (Lipinski definition) is 3. The molecule has 0 spiro atoms. The molecule has 0 unspecified atom stereocenters. The summed E-state index contributed by atoms with van der Waals surface area (Å²) in [4.78, 5) is 15.9. The maximum absolute atomic E-state index is 12.0. The largest absolute Gasteiger partial charge is 0.290 e. The number of aromatic nitrogens is 2. The molecule has 0 N–H and O–H groups in total. The van der Waals surface area contributed by atoms with Gasteiger partial charge in [0.05, 0.1) is 0 Å². The van der Waals surface area contributed by atoms with Crippen molar-refractivity contribution < 1.29 is 9.36 Å². The van der Waals surface area contributed by atoms with Gasteiger partial charge in [-0.25, -0.2) is 4.57 Å².